The van der Waals surface area contributed by atoms with Crippen LogP contribution in [-0.2, 0) is 0 Å². The summed E-state index contributed by atoms with van der Waals surface area (Å²) in [6.45, 7) is 0. The molecule has 0 aliphatic carbocycles. The van der Waals surface area contributed by atoms with Crippen LogP contribution in [0.25, 0.3) is 10.8 Å². The van der Waals surface area contributed by atoms with Gasteiger partial charge in [0, 0.05) is 5.56 Å². The third-order valence-corrected chi connectivity index (χ3v) is 4.65. The summed E-state index contributed by atoms with van der Waals surface area (Å²) in [4.78, 5) is 12.3. The molecule has 1 amide bonds. The van der Waals surface area contributed by atoms with Gasteiger partial charge in [0.25, 0.3) is 5.91 Å². The number of anilines is 1. The standard InChI is InChI=1S/C14H11N3OS2/c1-19-14-17-16-13(20-14)15-12(18)11-8-4-6-9-5-2-3-7-10(9)11/h2-8H,1H3,(H,15,16,18). The largest absolute Gasteiger partial charge is 0.296 e. The van der Waals surface area contributed by atoms with Crippen molar-refractivity contribution < 1.29 is 4.79 Å². The molecule has 6 heteroatoms. The van der Waals surface area contributed by atoms with Crippen molar-refractivity contribution in [3.05, 3.63) is 48.0 Å². The summed E-state index contributed by atoms with van der Waals surface area (Å²) in [5.74, 6) is -0.161. The van der Waals surface area contributed by atoms with Crippen LogP contribution in [-0.4, -0.2) is 22.4 Å². The Morgan fingerprint density at radius 1 is 1.15 bits per heavy atom. The summed E-state index contributed by atoms with van der Waals surface area (Å²) in [6, 6.07) is 13.5. The molecule has 0 atom stereocenters. The van der Waals surface area contributed by atoms with E-state index < -0.39 is 0 Å². The van der Waals surface area contributed by atoms with E-state index in [-0.39, 0.29) is 5.91 Å². The molecular weight excluding hydrogens is 290 g/mol. The van der Waals surface area contributed by atoms with Gasteiger partial charge in [-0.2, -0.15) is 0 Å². The Morgan fingerprint density at radius 2 is 1.95 bits per heavy atom. The van der Waals surface area contributed by atoms with Crippen molar-refractivity contribution in [1.82, 2.24) is 10.2 Å². The molecule has 1 heterocycles. The first-order valence-corrected chi connectivity index (χ1v) is 7.98. The lowest BCUT2D eigenvalue weighted by molar-refractivity contribution is 0.102. The quantitative estimate of drug-likeness (QED) is 0.592. The first-order chi connectivity index (χ1) is 9.78. The van der Waals surface area contributed by atoms with Crippen molar-refractivity contribution in [2.24, 2.45) is 0 Å². The molecule has 3 rings (SSSR count). The van der Waals surface area contributed by atoms with Crippen LogP contribution in [0.1, 0.15) is 10.4 Å². The van der Waals surface area contributed by atoms with Crippen LogP contribution in [0.3, 0.4) is 0 Å². The van der Waals surface area contributed by atoms with Crippen LogP contribution in [0.4, 0.5) is 5.13 Å². The molecule has 0 fully saturated rings. The van der Waals surface area contributed by atoms with Gasteiger partial charge in [-0.3, -0.25) is 10.1 Å². The van der Waals surface area contributed by atoms with E-state index in [4.69, 9.17) is 0 Å². The highest BCUT2D eigenvalue weighted by Crippen LogP contribution is 2.24. The van der Waals surface area contributed by atoms with Crippen LogP contribution < -0.4 is 5.32 Å². The minimum absolute atomic E-state index is 0.161. The number of aromatic nitrogens is 2. The van der Waals surface area contributed by atoms with E-state index in [2.05, 4.69) is 15.5 Å². The van der Waals surface area contributed by atoms with Crippen LogP contribution in [0.15, 0.2) is 46.8 Å². The van der Waals surface area contributed by atoms with Crippen molar-refractivity contribution in [2.45, 2.75) is 4.34 Å². The number of rotatable bonds is 3. The number of fused-ring (bicyclic) bond motifs is 1. The van der Waals surface area contributed by atoms with Gasteiger partial charge in [-0.05, 0) is 23.1 Å². The number of carbonyl (C=O) groups is 1. The van der Waals surface area contributed by atoms with Crippen LogP contribution >= 0.6 is 23.1 Å². The topological polar surface area (TPSA) is 54.9 Å². The van der Waals surface area contributed by atoms with E-state index in [9.17, 15) is 4.79 Å². The van der Waals surface area contributed by atoms with Crippen molar-refractivity contribution in [3.8, 4) is 0 Å². The number of hydrogen-bond donors (Lipinski definition) is 1. The van der Waals surface area contributed by atoms with Gasteiger partial charge < -0.3 is 0 Å². The minimum Gasteiger partial charge on any atom is -0.296 e. The van der Waals surface area contributed by atoms with Gasteiger partial charge in [-0.15, -0.1) is 10.2 Å². The molecule has 3 aromatic rings. The fourth-order valence-electron chi connectivity index (χ4n) is 1.93. The summed E-state index contributed by atoms with van der Waals surface area (Å²) in [5, 5.41) is 13.2. The number of benzene rings is 2. The maximum absolute atomic E-state index is 12.3. The molecule has 1 aromatic heterocycles. The van der Waals surface area contributed by atoms with Crippen LogP contribution in [0.2, 0.25) is 0 Å². The smallest absolute Gasteiger partial charge is 0.258 e. The summed E-state index contributed by atoms with van der Waals surface area (Å²) in [7, 11) is 0. The molecule has 0 saturated carbocycles. The zero-order chi connectivity index (χ0) is 13.9. The van der Waals surface area contributed by atoms with Gasteiger partial charge in [-0.1, -0.05) is 59.5 Å². The van der Waals surface area contributed by atoms with Gasteiger partial charge in [-0.25, -0.2) is 0 Å². The van der Waals surface area contributed by atoms with Gasteiger partial charge >= 0.3 is 0 Å². The lowest BCUT2D eigenvalue weighted by atomic mass is 10.0. The molecular formula is C14H11N3OS2. The van der Waals surface area contributed by atoms with Gasteiger partial charge in [0.15, 0.2) is 4.34 Å². The summed E-state index contributed by atoms with van der Waals surface area (Å²) >= 11 is 2.88. The molecule has 1 N–H and O–H groups in total. The highest BCUT2D eigenvalue weighted by atomic mass is 32.2. The molecule has 0 spiro atoms. The Morgan fingerprint density at radius 3 is 2.75 bits per heavy atom. The highest BCUT2D eigenvalue weighted by molar-refractivity contribution is 8.00. The summed E-state index contributed by atoms with van der Waals surface area (Å²) < 4.78 is 0.832. The Kier molecular flexibility index (Phi) is 3.66. The van der Waals surface area contributed by atoms with Crippen molar-refractivity contribution in [2.75, 3.05) is 11.6 Å². The van der Waals surface area contributed by atoms with Crippen LogP contribution in [0, 0.1) is 0 Å². The molecule has 0 unspecified atom stereocenters. The third kappa shape index (κ3) is 2.52. The Bertz CT molecular complexity index is 764. The highest BCUT2D eigenvalue weighted by Gasteiger charge is 2.12. The molecule has 4 nitrogen and oxygen atoms in total. The van der Waals surface area contributed by atoms with Gasteiger partial charge in [0.05, 0.1) is 0 Å². The van der Waals surface area contributed by atoms with E-state index in [0.717, 1.165) is 15.1 Å². The number of thioether (sulfide) groups is 1. The van der Waals surface area contributed by atoms with Crippen molar-refractivity contribution in [1.29, 1.82) is 0 Å². The van der Waals surface area contributed by atoms with E-state index in [1.54, 1.807) is 0 Å². The molecule has 20 heavy (non-hydrogen) atoms. The molecule has 0 aliphatic heterocycles. The van der Waals surface area contributed by atoms with E-state index in [1.807, 2.05) is 48.7 Å². The molecule has 0 aliphatic rings. The fraction of sp³-hybridized carbons (Fsp3) is 0.0714. The van der Waals surface area contributed by atoms with E-state index in [1.165, 1.54) is 23.1 Å². The first kappa shape index (κ1) is 13.1. The zero-order valence-corrected chi connectivity index (χ0v) is 12.3. The minimum atomic E-state index is -0.161. The van der Waals surface area contributed by atoms with E-state index >= 15 is 0 Å². The predicted molar refractivity (Wildman–Crippen MR) is 83.6 cm³/mol. The molecule has 2 aromatic carbocycles. The second-order valence-electron chi connectivity index (χ2n) is 4.06. The van der Waals surface area contributed by atoms with Gasteiger partial charge in [0.2, 0.25) is 5.13 Å². The number of nitrogens with zero attached hydrogens (tertiary/aromatic N) is 2. The Balaban J connectivity index is 1.92. The van der Waals surface area contributed by atoms with Crippen LogP contribution in [0.5, 0.6) is 0 Å². The molecule has 100 valence electrons. The lowest BCUT2D eigenvalue weighted by Gasteiger charge is -2.05. The van der Waals surface area contributed by atoms with E-state index in [0.29, 0.717) is 10.7 Å². The second kappa shape index (κ2) is 5.60. The predicted octanol–water partition coefficient (Wildman–Crippen LogP) is 3.67. The fourth-order valence-corrected chi connectivity index (χ4v) is 3.10. The summed E-state index contributed by atoms with van der Waals surface area (Å²) in [5.41, 5.74) is 0.643. The number of carbonyl (C=O) groups excluding carboxylic acids is 1. The lowest BCUT2D eigenvalue weighted by Crippen LogP contribution is -2.12. The zero-order valence-electron chi connectivity index (χ0n) is 10.7. The number of nitrogens with one attached hydrogen (secondary N) is 1. The van der Waals surface area contributed by atoms with Crippen molar-refractivity contribution in [3.63, 3.8) is 0 Å². The Hall–Kier alpha value is -1.92. The molecule has 0 bridgehead atoms. The monoisotopic (exact) mass is 301 g/mol. The average Bonchev–Trinajstić information content (AvgIpc) is 2.94. The van der Waals surface area contributed by atoms with Gasteiger partial charge in [0.1, 0.15) is 0 Å². The Labute approximate surface area is 124 Å². The normalized spacial score (nSPS) is 10.7. The maximum atomic E-state index is 12.3. The first-order valence-electron chi connectivity index (χ1n) is 5.94. The molecule has 0 radical (unpaired) electrons. The summed E-state index contributed by atoms with van der Waals surface area (Å²) in [6.07, 6.45) is 1.93. The third-order valence-electron chi connectivity index (χ3n) is 2.84. The SMILES string of the molecule is CSc1nnc(NC(=O)c2cccc3ccccc23)s1. The maximum Gasteiger partial charge on any atom is 0.258 e. The number of amides is 1. The number of hydrogen-bond acceptors (Lipinski definition) is 5. The molecule has 0 saturated heterocycles. The average molecular weight is 301 g/mol. The van der Waals surface area contributed by atoms with Crippen molar-refractivity contribution >= 4 is 44.9 Å². The second-order valence-corrected chi connectivity index (χ2v) is 6.09.